The van der Waals surface area contributed by atoms with Gasteiger partial charge in [-0.3, -0.25) is 9.69 Å². The lowest BCUT2D eigenvalue weighted by atomic mass is 9.78. The molecule has 1 aromatic carbocycles. The van der Waals surface area contributed by atoms with E-state index in [9.17, 15) is 26.7 Å². The third-order valence-electron chi connectivity index (χ3n) is 4.48. The molecule has 0 N–H and O–H groups in total. The van der Waals surface area contributed by atoms with Crippen LogP contribution in [0, 0.1) is 0 Å². The molecule has 8 heteroatoms. The molecule has 1 aliphatic heterocycles. The van der Waals surface area contributed by atoms with Crippen molar-refractivity contribution < 1.29 is 31.5 Å². The van der Waals surface area contributed by atoms with Crippen molar-refractivity contribution in [2.45, 2.75) is 43.8 Å². The van der Waals surface area contributed by atoms with E-state index in [0.29, 0.717) is 12.8 Å². The van der Waals surface area contributed by atoms with Crippen molar-refractivity contribution in [2.24, 2.45) is 0 Å². The molecule has 1 unspecified atom stereocenters. The number of halogens is 5. The van der Waals surface area contributed by atoms with Crippen LogP contribution in [0.1, 0.15) is 31.7 Å². The van der Waals surface area contributed by atoms with Crippen molar-refractivity contribution in [1.29, 1.82) is 0 Å². The molecule has 0 radical (unpaired) electrons. The van der Waals surface area contributed by atoms with Crippen molar-refractivity contribution in [1.82, 2.24) is 4.90 Å². The highest BCUT2D eigenvalue weighted by Crippen LogP contribution is 2.54. The molecule has 1 heterocycles. The first-order valence-corrected chi connectivity index (χ1v) is 8.07. The SMILES string of the molecule is CCOC(=O)CC(c1ccccc1)(N1CCCC1)C(F)(F)C(F)(F)F. The first kappa shape index (κ1) is 19.6. The quantitative estimate of drug-likeness (QED) is 0.561. The second-order valence-corrected chi connectivity index (χ2v) is 5.97. The van der Waals surface area contributed by atoms with Gasteiger partial charge in [-0.25, -0.2) is 0 Å². The Morgan fingerprint density at radius 3 is 2.12 bits per heavy atom. The summed E-state index contributed by atoms with van der Waals surface area (Å²) in [5.74, 6) is -6.21. The number of rotatable bonds is 6. The van der Waals surface area contributed by atoms with Crippen LogP contribution in [0.3, 0.4) is 0 Å². The summed E-state index contributed by atoms with van der Waals surface area (Å²) in [6.45, 7) is 1.49. The van der Waals surface area contributed by atoms with E-state index < -0.39 is 30.0 Å². The number of carbonyl (C=O) groups excluding carboxylic acids is 1. The molecular weight excluding hydrogens is 345 g/mol. The lowest BCUT2D eigenvalue weighted by Crippen LogP contribution is -2.64. The molecule has 0 aliphatic carbocycles. The van der Waals surface area contributed by atoms with Crippen LogP contribution in [0.15, 0.2) is 30.3 Å². The van der Waals surface area contributed by atoms with Gasteiger partial charge in [0.2, 0.25) is 0 Å². The number of nitrogens with zero attached hydrogens (tertiary/aromatic N) is 1. The Morgan fingerprint density at radius 1 is 1.08 bits per heavy atom. The number of carbonyl (C=O) groups is 1. The topological polar surface area (TPSA) is 29.5 Å². The maximum absolute atomic E-state index is 14.8. The van der Waals surface area contributed by atoms with Gasteiger partial charge in [-0.15, -0.1) is 0 Å². The van der Waals surface area contributed by atoms with E-state index in [1.165, 1.54) is 37.3 Å². The van der Waals surface area contributed by atoms with Gasteiger partial charge < -0.3 is 4.74 Å². The summed E-state index contributed by atoms with van der Waals surface area (Å²) in [4.78, 5) is 13.1. The summed E-state index contributed by atoms with van der Waals surface area (Å²) in [7, 11) is 0. The summed E-state index contributed by atoms with van der Waals surface area (Å²) in [5, 5.41) is 0. The van der Waals surface area contributed by atoms with Crippen LogP contribution in [0.25, 0.3) is 0 Å². The van der Waals surface area contributed by atoms with Crippen LogP contribution in [-0.2, 0) is 15.1 Å². The number of hydrogen-bond donors (Lipinski definition) is 0. The zero-order chi connectivity index (χ0) is 18.7. The molecule has 2 rings (SSSR count). The highest BCUT2D eigenvalue weighted by molar-refractivity contribution is 5.72. The number of esters is 1. The summed E-state index contributed by atoms with van der Waals surface area (Å²) < 4.78 is 74.5. The fraction of sp³-hybridized carbons (Fsp3) is 0.588. The van der Waals surface area contributed by atoms with Crippen molar-refractivity contribution in [2.75, 3.05) is 19.7 Å². The summed E-state index contributed by atoms with van der Waals surface area (Å²) >= 11 is 0. The largest absolute Gasteiger partial charge is 0.466 e. The lowest BCUT2D eigenvalue weighted by Gasteiger charge is -2.47. The molecule has 0 saturated carbocycles. The number of hydrogen-bond acceptors (Lipinski definition) is 3. The molecular formula is C17H20F5NO2. The van der Waals surface area contributed by atoms with Gasteiger partial charge in [0.1, 0.15) is 5.54 Å². The van der Waals surface area contributed by atoms with Gasteiger partial charge in [-0.2, -0.15) is 22.0 Å². The van der Waals surface area contributed by atoms with Crippen LogP contribution < -0.4 is 0 Å². The second kappa shape index (κ2) is 7.27. The fourth-order valence-electron chi connectivity index (χ4n) is 3.36. The predicted octanol–water partition coefficient (Wildman–Crippen LogP) is 4.13. The van der Waals surface area contributed by atoms with Crippen LogP contribution in [0.5, 0.6) is 0 Å². The van der Waals surface area contributed by atoms with E-state index in [1.54, 1.807) is 0 Å². The van der Waals surface area contributed by atoms with Crippen molar-refractivity contribution in [3.8, 4) is 0 Å². The first-order valence-electron chi connectivity index (χ1n) is 8.07. The highest BCUT2D eigenvalue weighted by Gasteiger charge is 2.73. The standard InChI is InChI=1S/C17H20F5NO2/c1-2-25-14(24)12-15(23-10-6-7-11-23,13-8-4-3-5-9-13)16(18,19)17(20,21)22/h3-5,8-9H,2,6-7,10-12H2,1H3. The molecule has 1 saturated heterocycles. The number of alkyl halides is 5. The van der Waals surface area contributed by atoms with E-state index in [2.05, 4.69) is 0 Å². The van der Waals surface area contributed by atoms with Crippen molar-refractivity contribution >= 4 is 5.97 Å². The number of benzene rings is 1. The average molecular weight is 365 g/mol. The molecule has 0 amide bonds. The van der Waals surface area contributed by atoms with E-state index in [0.717, 1.165) is 4.90 Å². The normalized spacial score (nSPS) is 18.8. The molecule has 0 aromatic heterocycles. The van der Waals surface area contributed by atoms with Gasteiger partial charge in [-0.05, 0) is 38.4 Å². The van der Waals surface area contributed by atoms with Crippen LogP contribution in [0.4, 0.5) is 22.0 Å². The van der Waals surface area contributed by atoms with Crippen LogP contribution >= 0.6 is 0 Å². The minimum absolute atomic E-state index is 0.0555. The molecule has 25 heavy (non-hydrogen) atoms. The lowest BCUT2D eigenvalue weighted by molar-refractivity contribution is -0.330. The van der Waals surface area contributed by atoms with Gasteiger partial charge in [0.15, 0.2) is 0 Å². The van der Waals surface area contributed by atoms with E-state index >= 15 is 0 Å². The third kappa shape index (κ3) is 3.49. The summed E-state index contributed by atoms with van der Waals surface area (Å²) in [6, 6.07) is 6.71. The Balaban J connectivity index is 2.67. The Kier molecular flexibility index (Phi) is 5.71. The van der Waals surface area contributed by atoms with Gasteiger partial charge >= 0.3 is 18.1 Å². The Hall–Kier alpha value is -1.70. The molecule has 1 aromatic rings. The van der Waals surface area contributed by atoms with Crippen LogP contribution in [-0.4, -0.2) is 42.7 Å². The predicted molar refractivity (Wildman–Crippen MR) is 81.2 cm³/mol. The number of likely N-dealkylation sites (tertiary alicyclic amines) is 1. The Bertz CT molecular complexity index is 584. The fourth-order valence-corrected chi connectivity index (χ4v) is 3.36. The molecule has 3 nitrogen and oxygen atoms in total. The molecule has 140 valence electrons. The number of ether oxygens (including phenoxy) is 1. The maximum atomic E-state index is 14.8. The van der Waals surface area contributed by atoms with Gasteiger partial charge in [0.25, 0.3) is 0 Å². The zero-order valence-electron chi connectivity index (χ0n) is 13.8. The summed E-state index contributed by atoms with van der Waals surface area (Å²) in [5.41, 5.74) is -3.07. The molecule has 1 atom stereocenters. The zero-order valence-corrected chi connectivity index (χ0v) is 13.8. The molecule has 1 fully saturated rings. The van der Waals surface area contributed by atoms with Gasteiger partial charge in [0.05, 0.1) is 13.0 Å². The van der Waals surface area contributed by atoms with E-state index in [-0.39, 0.29) is 25.3 Å². The summed E-state index contributed by atoms with van der Waals surface area (Å²) in [6.07, 6.45) is -5.90. The highest BCUT2D eigenvalue weighted by atomic mass is 19.4. The van der Waals surface area contributed by atoms with E-state index in [4.69, 9.17) is 4.74 Å². The minimum Gasteiger partial charge on any atom is -0.466 e. The Morgan fingerprint density at radius 2 is 1.64 bits per heavy atom. The minimum atomic E-state index is -5.81. The second-order valence-electron chi connectivity index (χ2n) is 5.97. The smallest absolute Gasteiger partial charge is 0.455 e. The Labute approximate surface area is 142 Å². The van der Waals surface area contributed by atoms with Gasteiger partial charge in [0, 0.05) is 0 Å². The van der Waals surface area contributed by atoms with Crippen molar-refractivity contribution in [3.05, 3.63) is 35.9 Å². The maximum Gasteiger partial charge on any atom is 0.455 e. The van der Waals surface area contributed by atoms with Gasteiger partial charge in [-0.1, -0.05) is 30.3 Å². The third-order valence-corrected chi connectivity index (χ3v) is 4.48. The molecule has 0 spiro atoms. The monoisotopic (exact) mass is 365 g/mol. The average Bonchev–Trinajstić information content (AvgIpc) is 3.07. The molecule has 1 aliphatic rings. The first-order chi connectivity index (χ1) is 11.7. The molecule has 0 bridgehead atoms. The van der Waals surface area contributed by atoms with Crippen LogP contribution in [0.2, 0.25) is 0 Å². The van der Waals surface area contributed by atoms with E-state index in [1.807, 2.05) is 0 Å². The van der Waals surface area contributed by atoms with Crippen molar-refractivity contribution in [3.63, 3.8) is 0 Å².